The lowest BCUT2D eigenvalue weighted by molar-refractivity contribution is -0.166. The molecule has 0 aliphatic carbocycles. The first kappa shape index (κ1) is 11.6. The number of esters is 1. The van der Waals surface area contributed by atoms with E-state index >= 15 is 0 Å². The van der Waals surface area contributed by atoms with Crippen LogP contribution in [0.5, 0.6) is 0 Å². The van der Waals surface area contributed by atoms with E-state index in [-0.39, 0.29) is 0 Å². The maximum Gasteiger partial charge on any atom is 0.379 e. The molecule has 1 rings (SSSR count). The van der Waals surface area contributed by atoms with E-state index in [1.807, 2.05) is 0 Å². The third-order valence-corrected chi connectivity index (χ3v) is 2.54. The van der Waals surface area contributed by atoms with Gasteiger partial charge in [0.25, 0.3) is 0 Å². The summed E-state index contributed by atoms with van der Waals surface area (Å²) in [5.41, 5.74) is -0.841. The summed E-state index contributed by atoms with van der Waals surface area (Å²) in [5, 5.41) is 9.50. The Morgan fingerprint density at radius 3 is 2.60 bits per heavy atom. The minimum atomic E-state index is -4.08. The molecule has 0 aliphatic rings. The van der Waals surface area contributed by atoms with Gasteiger partial charge in [-0.2, -0.15) is 8.78 Å². The molecule has 0 aromatic carbocycles. The van der Waals surface area contributed by atoms with Gasteiger partial charge in [0.05, 0.1) is 12.7 Å². The molecule has 0 atom stereocenters. The molecule has 0 spiro atoms. The highest BCUT2D eigenvalue weighted by molar-refractivity contribution is 7.12. The summed E-state index contributed by atoms with van der Waals surface area (Å²) in [6.45, 7) is 0. The van der Waals surface area contributed by atoms with Gasteiger partial charge in [0.15, 0.2) is 0 Å². The maximum atomic E-state index is 13.1. The fourth-order valence-corrected chi connectivity index (χ4v) is 1.77. The Kier molecular flexibility index (Phi) is 3.04. The smallest absolute Gasteiger partial charge is 0.379 e. The number of aliphatic carboxylic acids is 1. The van der Waals surface area contributed by atoms with Gasteiger partial charge >= 0.3 is 17.9 Å². The number of methoxy groups -OCH3 is 1. The molecule has 0 amide bonds. The van der Waals surface area contributed by atoms with Crippen molar-refractivity contribution < 1.29 is 28.2 Å². The molecule has 1 aromatic rings. The molecule has 0 saturated heterocycles. The van der Waals surface area contributed by atoms with Crippen molar-refractivity contribution in [2.45, 2.75) is 5.92 Å². The zero-order valence-electron chi connectivity index (χ0n) is 7.49. The quantitative estimate of drug-likeness (QED) is 0.811. The van der Waals surface area contributed by atoms with Crippen LogP contribution in [0.2, 0.25) is 0 Å². The molecule has 0 fully saturated rings. The van der Waals surface area contributed by atoms with E-state index in [1.165, 1.54) is 5.38 Å². The van der Waals surface area contributed by atoms with Crippen molar-refractivity contribution in [2.75, 3.05) is 7.11 Å². The highest BCUT2D eigenvalue weighted by atomic mass is 32.1. The van der Waals surface area contributed by atoms with Crippen LogP contribution in [0.4, 0.5) is 8.78 Å². The largest absolute Gasteiger partial charge is 0.477 e. The number of alkyl halides is 2. The van der Waals surface area contributed by atoms with E-state index in [9.17, 15) is 18.4 Å². The lowest BCUT2D eigenvalue weighted by Crippen LogP contribution is -2.26. The Hall–Kier alpha value is -1.50. The molecule has 0 saturated carbocycles. The summed E-state index contributed by atoms with van der Waals surface area (Å²) in [6, 6.07) is 0.894. The van der Waals surface area contributed by atoms with Crippen LogP contribution < -0.4 is 0 Å². The van der Waals surface area contributed by atoms with Crippen molar-refractivity contribution in [1.29, 1.82) is 0 Å². The number of ether oxygens (including phenoxy) is 1. The van der Waals surface area contributed by atoms with E-state index in [0.29, 0.717) is 11.3 Å². The summed E-state index contributed by atoms with van der Waals surface area (Å²) < 4.78 is 30.4. The summed E-state index contributed by atoms with van der Waals surface area (Å²) in [6.07, 6.45) is 0. The SMILES string of the molecule is COC(=O)c1sccc1C(F)(F)C(=O)O. The molecule has 15 heavy (non-hydrogen) atoms. The van der Waals surface area contributed by atoms with Gasteiger partial charge in [-0.1, -0.05) is 0 Å². The van der Waals surface area contributed by atoms with Gasteiger partial charge in [0.2, 0.25) is 0 Å². The van der Waals surface area contributed by atoms with Gasteiger partial charge in [-0.15, -0.1) is 11.3 Å². The Bertz CT molecular complexity index is 399. The number of rotatable bonds is 3. The van der Waals surface area contributed by atoms with Crippen molar-refractivity contribution >= 4 is 23.3 Å². The summed E-state index contributed by atoms with van der Waals surface area (Å²) >= 11 is 0.709. The number of hydrogen-bond acceptors (Lipinski definition) is 4. The number of carboxylic acids is 1. The van der Waals surface area contributed by atoms with Crippen molar-refractivity contribution in [1.82, 2.24) is 0 Å². The highest BCUT2D eigenvalue weighted by Gasteiger charge is 2.44. The van der Waals surface area contributed by atoms with Gasteiger partial charge in [-0.05, 0) is 11.4 Å². The summed E-state index contributed by atoms with van der Waals surface area (Å²) in [5.74, 6) is -7.35. The third-order valence-electron chi connectivity index (χ3n) is 1.64. The summed E-state index contributed by atoms with van der Waals surface area (Å²) in [7, 11) is 1.03. The molecule has 4 nitrogen and oxygen atoms in total. The van der Waals surface area contributed by atoms with Gasteiger partial charge in [0, 0.05) is 0 Å². The molecule has 1 heterocycles. The Labute approximate surface area is 87.1 Å². The Balaban J connectivity index is 3.21. The molecular weight excluding hydrogens is 230 g/mol. The van der Waals surface area contributed by atoms with Crippen molar-refractivity contribution in [2.24, 2.45) is 0 Å². The molecule has 1 aromatic heterocycles. The van der Waals surface area contributed by atoms with Gasteiger partial charge < -0.3 is 9.84 Å². The first-order chi connectivity index (χ1) is 6.91. The first-order valence-corrected chi connectivity index (χ1v) is 4.56. The average Bonchev–Trinajstić information content (AvgIpc) is 2.65. The van der Waals surface area contributed by atoms with Crippen LogP contribution in [0, 0.1) is 0 Å². The monoisotopic (exact) mass is 236 g/mol. The number of carbonyl (C=O) groups is 2. The molecule has 82 valence electrons. The second-order valence-corrected chi connectivity index (χ2v) is 3.45. The zero-order chi connectivity index (χ0) is 11.6. The van der Waals surface area contributed by atoms with Crippen LogP contribution >= 0.6 is 11.3 Å². The van der Waals surface area contributed by atoms with Crippen LogP contribution in [-0.4, -0.2) is 24.2 Å². The van der Waals surface area contributed by atoms with E-state index in [1.54, 1.807) is 0 Å². The third kappa shape index (κ3) is 1.96. The Morgan fingerprint density at radius 2 is 2.13 bits per heavy atom. The highest BCUT2D eigenvalue weighted by Crippen LogP contribution is 2.34. The molecule has 0 aliphatic heterocycles. The molecular formula is C8H6F2O4S. The molecule has 0 radical (unpaired) electrons. The predicted molar refractivity (Wildman–Crippen MR) is 47.2 cm³/mol. The molecule has 1 N–H and O–H groups in total. The van der Waals surface area contributed by atoms with Crippen molar-refractivity contribution in [3.63, 3.8) is 0 Å². The van der Waals surface area contributed by atoms with Crippen LogP contribution in [0.25, 0.3) is 0 Å². The average molecular weight is 236 g/mol. The van der Waals surface area contributed by atoms with E-state index in [2.05, 4.69) is 4.74 Å². The normalized spacial score (nSPS) is 11.1. The predicted octanol–water partition coefficient (Wildman–Crippen LogP) is 1.71. The van der Waals surface area contributed by atoms with E-state index in [4.69, 9.17) is 5.11 Å². The maximum absolute atomic E-state index is 13.1. The standard InChI is InChI=1S/C8H6F2O4S/c1-14-6(11)5-4(2-3-15-5)8(9,10)7(12)13/h2-3H,1H3,(H,12,13). The van der Waals surface area contributed by atoms with Crippen LogP contribution in [0.3, 0.4) is 0 Å². The number of carboxylic acid groups (broad SMARTS) is 1. The van der Waals surface area contributed by atoms with Crippen LogP contribution in [0.1, 0.15) is 15.2 Å². The topological polar surface area (TPSA) is 63.6 Å². The summed E-state index contributed by atoms with van der Waals surface area (Å²) in [4.78, 5) is 20.9. The minimum absolute atomic E-state index is 0.398. The van der Waals surface area contributed by atoms with E-state index in [0.717, 1.165) is 13.2 Å². The van der Waals surface area contributed by atoms with Crippen molar-refractivity contribution in [3.05, 3.63) is 21.9 Å². The van der Waals surface area contributed by atoms with Crippen LogP contribution in [-0.2, 0) is 15.5 Å². The zero-order valence-corrected chi connectivity index (χ0v) is 8.31. The first-order valence-electron chi connectivity index (χ1n) is 3.68. The second-order valence-electron chi connectivity index (χ2n) is 2.53. The lowest BCUT2D eigenvalue weighted by atomic mass is 10.1. The van der Waals surface area contributed by atoms with Gasteiger partial charge in [-0.25, -0.2) is 9.59 Å². The van der Waals surface area contributed by atoms with E-state index < -0.39 is 28.3 Å². The fourth-order valence-electron chi connectivity index (χ4n) is 0.922. The van der Waals surface area contributed by atoms with Gasteiger partial charge in [0.1, 0.15) is 4.88 Å². The molecule has 7 heteroatoms. The molecule has 0 unspecified atom stereocenters. The number of halogens is 2. The second kappa shape index (κ2) is 3.93. The number of thiophene rings is 1. The number of hydrogen-bond donors (Lipinski definition) is 1. The van der Waals surface area contributed by atoms with Crippen molar-refractivity contribution in [3.8, 4) is 0 Å². The van der Waals surface area contributed by atoms with Gasteiger partial charge in [-0.3, -0.25) is 0 Å². The number of carbonyl (C=O) groups excluding carboxylic acids is 1. The van der Waals surface area contributed by atoms with Crippen LogP contribution in [0.15, 0.2) is 11.4 Å². The lowest BCUT2D eigenvalue weighted by Gasteiger charge is -2.10. The minimum Gasteiger partial charge on any atom is -0.477 e. The fraction of sp³-hybridized carbons (Fsp3) is 0.250. The Morgan fingerprint density at radius 1 is 1.53 bits per heavy atom. The molecule has 0 bridgehead atoms.